The van der Waals surface area contributed by atoms with Gasteiger partial charge in [0, 0.05) is 13.0 Å². The third-order valence-electron chi connectivity index (χ3n) is 7.42. The normalized spacial score (nSPS) is 12.1. The Morgan fingerprint density at radius 3 is 0.942 bits per heavy atom. The second-order valence-electron chi connectivity index (χ2n) is 12.1. The number of unbranched alkanes of at least 4 members (excludes halogenated alkanes) is 5. The van der Waals surface area contributed by atoms with E-state index in [9.17, 15) is 4.79 Å². The van der Waals surface area contributed by atoms with Crippen LogP contribution in [0.3, 0.4) is 0 Å². The molecular formula is C38H76O14. The molecule has 312 valence electrons. The highest BCUT2D eigenvalue weighted by Gasteiger charge is 2.03. The van der Waals surface area contributed by atoms with Gasteiger partial charge in [0.15, 0.2) is 0 Å². The first-order chi connectivity index (χ1) is 25.7. The van der Waals surface area contributed by atoms with Gasteiger partial charge in [-0.05, 0) is 12.3 Å². The Bertz CT molecular complexity index is 676. The standard InChI is InChI=1S/C38H76O14/c1-4-6-7-8-9-10-11-38(39)52-35-34-50-31-30-48-27-26-46-23-22-44-19-18-42-15-14-40-12-13-41-16-17-43-20-21-45-24-25-47-28-29-49-32-33-51-36-37(3)5-2/h37H,4-36H2,1-3H3. The molecule has 14 nitrogen and oxygen atoms in total. The van der Waals surface area contributed by atoms with Gasteiger partial charge in [0.05, 0.1) is 152 Å². The second kappa shape index (κ2) is 46.1. The lowest BCUT2D eigenvalue weighted by atomic mass is 10.1. The monoisotopic (exact) mass is 757 g/mol. The number of carbonyl (C=O) groups is 1. The van der Waals surface area contributed by atoms with Crippen LogP contribution in [0.5, 0.6) is 0 Å². The van der Waals surface area contributed by atoms with E-state index in [1.807, 2.05) is 0 Å². The topological polar surface area (TPSA) is 137 Å². The maximum atomic E-state index is 11.7. The lowest BCUT2D eigenvalue weighted by Crippen LogP contribution is -2.16. The number of esters is 1. The fourth-order valence-corrected chi connectivity index (χ4v) is 4.16. The minimum atomic E-state index is -0.144. The van der Waals surface area contributed by atoms with Crippen LogP contribution in [0, 0.1) is 5.92 Å². The van der Waals surface area contributed by atoms with Gasteiger partial charge in [-0.1, -0.05) is 59.3 Å². The van der Waals surface area contributed by atoms with Crippen LogP contribution in [-0.4, -0.2) is 171 Å². The molecule has 0 aliphatic carbocycles. The van der Waals surface area contributed by atoms with Crippen molar-refractivity contribution in [3.63, 3.8) is 0 Å². The Morgan fingerprint density at radius 1 is 0.365 bits per heavy atom. The van der Waals surface area contributed by atoms with Gasteiger partial charge in [0.1, 0.15) is 6.61 Å². The highest BCUT2D eigenvalue weighted by atomic mass is 16.6. The molecule has 0 aromatic rings. The van der Waals surface area contributed by atoms with Gasteiger partial charge in [0.25, 0.3) is 0 Å². The maximum Gasteiger partial charge on any atom is 0.305 e. The van der Waals surface area contributed by atoms with Crippen molar-refractivity contribution in [1.29, 1.82) is 0 Å². The zero-order valence-corrected chi connectivity index (χ0v) is 33.1. The lowest BCUT2D eigenvalue weighted by Gasteiger charge is -2.10. The molecule has 0 spiro atoms. The molecule has 0 saturated heterocycles. The van der Waals surface area contributed by atoms with E-state index >= 15 is 0 Å². The molecule has 0 radical (unpaired) electrons. The van der Waals surface area contributed by atoms with Crippen LogP contribution >= 0.6 is 0 Å². The predicted molar refractivity (Wildman–Crippen MR) is 198 cm³/mol. The first-order valence-electron chi connectivity index (χ1n) is 19.8. The van der Waals surface area contributed by atoms with Crippen LogP contribution in [-0.2, 0) is 66.4 Å². The molecule has 14 heteroatoms. The Morgan fingerprint density at radius 2 is 0.635 bits per heavy atom. The van der Waals surface area contributed by atoms with Crippen LogP contribution in [0.2, 0.25) is 0 Å². The lowest BCUT2D eigenvalue weighted by molar-refractivity contribution is -0.145. The van der Waals surface area contributed by atoms with Crippen molar-refractivity contribution in [2.24, 2.45) is 5.92 Å². The molecule has 0 N–H and O–H groups in total. The molecule has 0 aromatic carbocycles. The summed E-state index contributed by atoms with van der Waals surface area (Å²) in [5, 5.41) is 0. The predicted octanol–water partition coefficient (Wildman–Crippen LogP) is 4.53. The molecule has 0 aromatic heterocycles. The van der Waals surface area contributed by atoms with Crippen molar-refractivity contribution in [3.05, 3.63) is 0 Å². The third kappa shape index (κ3) is 45.1. The van der Waals surface area contributed by atoms with E-state index < -0.39 is 0 Å². The minimum absolute atomic E-state index is 0.144. The molecule has 52 heavy (non-hydrogen) atoms. The summed E-state index contributed by atoms with van der Waals surface area (Å²) < 4.78 is 71.0. The molecule has 0 aliphatic rings. The Kier molecular flexibility index (Phi) is 45.2. The van der Waals surface area contributed by atoms with E-state index in [1.54, 1.807) is 0 Å². The van der Waals surface area contributed by atoms with Gasteiger partial charge in [-0.15, -0.1) is 0 Å². The van der Waals surface area contributed by atoms with E-state index in [-0.39, 0.29) is 12.6 Å². The van der Waals surface area contributed by atoms with Gasteiger partial charge in [0.2, 0.25) is 0 Å². The number of rotatable bonds is 46. The third-order valence-corrected chi connectivity index (χ3v) is 7.42. The molecule has 0 heterocycles. The summed E-state index contributed by atoms with van der Waals surface area (Å²) in [4.78, 5) is 11.7. The number of ether oxygens (including phenoxy) is 13. The van der Waals surface area contributed by atoms with Crippen molar-refractivity contribution in [2.45, 2.75) is 72.1 Å². The van der Waals surface area contributed by atoms with E-state index in [1.165, 1.54) is 25.7 Å². The Hall–Kier alpha value is -1.01. The van der Waals surface area contributed by atoms with Crippen molar-refractivity contribution in [2.75, 3.05) is 165 Å². The average Bonchev–Trinajstić information content (AvgIpc) is 3.15. The van der Waals surface area contributed by atoms with Crippen LogP contribution in [0.4, 0.5) is 0 Å². The fraction of sp³-hybridized carbons (Fsp3) is 0.974. The average molecular weight is 757 g/mol. The van der Waals surface area contributed by atoms with Gasteiger partial charge in [-0.2, -0.15) is 0 Å². The van der Waals surface area contributed by atoms with Crippen LogP contribution in [0.15, 0.2) is 0 Å². The molecule has 0 fully saturated rings. The molecule has 0 bridgehead atoms. The van der Waals surface area contributed by atoms with Crippen LogP contribution in [0.1, 0.15) is 72.1 Å². The largest absolute Gasteiger partial charge is 0.463 e. The fourth-order valence-electron chi connectivity index (χ4n) is 4.16. The summed E-state index contributed by atoms with van der Waals surface area (Å²) in [5.41, 5.74) is 0. The van der Waals surface area contributed by atoms with Gasteiger partial charge >= 0.3 is 5.97 Å². The van der Waals surface area contributed by atoms with Gasteiger partial charge in [-0.25, -0.2) is 0 Å². The summed E-state index contributed by atoms with van der Waals surface area (Å²) >= 11 is 0. The molecule has 0 amide bonds. The Labute approximate surface area is 315 Å². The first-order valence-corrected chi connectivity index (χ1v) is 19.8. The first kappa shape index (κ1) is 51.0. The van der Waals surface area contributed by atoms with Crippen molar-refractivity contribution in [3.8, 4) is 0 Å². The molecular weight excluding hydrogens is 680 g/mol. The second-order valence-corrected chi connectivity index (χ2v) is 12.1. The SMILES string of the molecule is CCCCCCCCC(=O)OCCOCCOCCOCCOCCOCCOCCOCCOCCOCCOCCOCCOCC(C)CC. The number of hydrogen-bond donors (Lipinski definition) is 0. The summed E-state index contributed by atoms with van der Waals surface area (Å²) in [6.45, 7) is 19.3. The maximum absolute atomic E-state index is 11.7. The van der Waals surface area contributed by atoms with Crippen molar-refractivity contribution in [1.82, 2.24) is 0 Å². The molecule has 1 unspecified atom stereocenters. The molecule has 0 rings (SSSR count). The van der Waals surface area contributed by atoms with Gasteiger partial charge < -0.3 is 61.6 Å². The molecule has 1 atom stereocenters. The highest BCUT2D eigenvalue weighted by Crippen LogP contribution is 2.07. The number of hydrogen-bond acceptors (Lipinski definition) is 14. The summed E-state index contributed by atoms with van der Waals surface area (Å²) in [7, 11) is 0. The summed E-state index contributed by atoms with van der Waals surface area (Å²) in [6.07, 6.45) is 8.55. The van der Waals surface area contributed by atoms with E-state index in [0.29, 0.717) is 164 Å². The highest BCUT2D eigenvalue weighted by molar-refractivity contribution is 5.69. The Balaban J connectivity index is 3.10. The molecule has 0 aliphatic heterocycles. The smallest absolute Gasteiger partial charge is 0.305 e. The summed E-state index contributed by atoms with van der Waals surface area (Å²) in [5.74, 6) is 0.450. The minimum Gasteiger partial charge on any atom is -0.463 e. The zero-order chi connectivity index (χ0) is 37.7. The van der Waals surface area contributed by atoms with Gasteiger partial charge in [-0.3, -0.25) is 4.79 Å². The van der Waals surface area contributed by atoms with Crippen LogP contribution in [0.25, 0.3) is 0 Å². The van der Waals surface area contributed by atoms with E-state index in [2.05, 4.69) is 20.8 Å². The number of carbonyl (C=O) groups excluding carboxylic acids is 1. The zero-order valence-electron chi connectivity index (χ0n) is 33.1. The van der Waals surface area contributed by atoms with E-state index in [0.717, 1.165) is 25.9 Å². The van der Waals surface area contributed by atoms with Crippen LogP contribution < -0.4 is 0 Å². The van der Waals surface area contributed by atoms with Crippen molar-refractivity contribution >= 4 is 5.97 Å². The molecule has 0 saturated carbocycles. The van der Waals surface area contributed by atoms with Crippen molar-refractivity contribution < 1.29 is 66.4 Å². The summed E-state index contributed by atoms with van der Waals surface area (Å²) in [6, 6.07) is 0. The quantitative estimate of drug-likeness (QED) is 0.0636. The van der Waals surface area contributed by atoms with E-state index in [4.69, 9.17) is 61.6 Å².